The van der Waals surface area contributed by atoms with Crippen LogP contribution in [0.5, 0.6) is 0 Å². The third kappa shape index (κ3) is 3.84. The smallest absolute Gasteiger partial charge is 0.000729 e. The van der Waals surface area contributed by atoms with Gasteiger partial charge in [-0.05, 0) is 113 Å². The normalized spacial score (nSPS) is 12.1. The minimum atomic E-state index is 0.993. The molecule has 0 heteroatoms. The lowest BCUT2D eigenvalue weighted by Crippen LogP contribution is -1.89. The van der Waals surface area contributed by atoms with E-state index in [9.17, 15) is 0 Å². The van der Waals surface area contributed by atoms with Crippen LogP contribution in [-0.4, -0.2) is 0 Å². The summed E-state index contributed by atoms with van der Waals surface area (Å²) in [5.41, 5.74) is 13.2. The van der Waals surface area contributed by atoms with Crippen LogP contribution in [0.1, 0.15) is 11.1 Å². The van der Waals surface area contributed by atoms with Gasteiger partial charge in [0.05, 0.1) is 0 Å². The lowest BCUT2D eigenvalue weighted by atomic mass is 9.91. The molecule has 8 aromatic carbocycles. The summed E-state index contributed by atoms with van der Waals surface area (Å²) in [5.74, 6) is 0. The van der Waals surface area contributed by atoms with Crippen molar-refractivity contribution in [3.8, 4) is 44.5 Å². The van der Waals surface area contributed by atoms with Gasteiger partial charge in [-0.15, -0.1) is 0 Å². The van der Waals surface area contributed by atoms with E-state index in [2.05, 4.69) is 158 Å². The van der Waals surface area contributed by atoms with Crippen LogP contribution in [0.25, 0.3) is 76.8 Å². The van der Waals surface area contributed by atoms with Gasteiger partial charge in [0.1, 0.15) is 0 Å². The number of rotatable bonds is 3. The minimum Gasteiger partial charge on any atom is -0.0619 e. The van der Waals surface area contributed by atoms with E-state index < -0.39 is 0 Å². The Morgan fingerprint density at radius 2 is 0.744 bits per heavy atom. The molecule has 0 amide bonds. The van der Waals surface area contributed by atoms with Crippen molar-refractivity contribution < 1.29 is 0 Å². The summed E-state index contributed by atoms with van der Waals surface area (Å²) in [7, 11) is 0. The van der Waals surface area contributed by atoms with Gasteiger partial charge in [0.25, 0.3) is 0 Å². The largest absolute Gasteiger partial charge is 0.0619 e. The average molecular weight is 545 g/mol. The molecular weight excluding hydrogens is 516 g/mol. The topological polar surface area (TPSA) is 0 Å². The van der Waals surface area contributed by atoms with Gasteiger partial charge >= 0.3 is 0 Å². The van der Waals surface area contributed by atoms with Gasteiger partial charge in [0, 0.05) is 0 Å². The van der Waals surface area contributed by atoms with Crippen molar-refractivity contribution in [1.29, 1.82) is 0 Å². The van der Waals surface area contributed by atoms with Gasteiger partial charge in [-0.25, -0.2) is 0 Å². The van der Waals surface area contributed by atoms with Crippen LogP contribution in [0.4, 0.5) is 0 Å². The Morgan fingerprint density at radius 1 is 0.279 bits per heavy atom. The molecule has 0 nitrogen and oxygen atoms in total. The zero-order valence-corrected chi connectivity index (χ0v) is 23.7. The maximum absolute atomic E-state index is 2.38. The van der Waals surface area contributed by atoms with Gasteiger partial charge in [-0.3, -0.25) is 0 Å². The van der Waals surface area contributed by atoms with Crippen LogP contribution in [-0.2, 0) is 6.42 Å². The highest BCUT2D eigenvalue weighted by Crippen LogP contribution is 2.42. The fourth-order valence-corrected chi connectivity index (χ4v) is 7.26. The number of benzene rings is 8. The molecule has 1 aliphatic rings. The molecule has 0 aliphatic heterocycles. The van der Waals surface area contributed by atoms with Crippen molar-refractivity contribution in [3.63, 3.8) is 0 Å². The molecule has 8 aromatic rings. The lowest BCUT2D eigenvalue weighted by Gasteiger charge is -2.13. The molecule has 0 heterocycles. The lowest BCUT2D eigenvalue weighted by molar-refractivity contribution is 1.26. The standard InChI is InChI=1S/C43H28/c1-2-15-34-33(10-1)27-42-35(20-9-21-36(34)42)32-14-8-13-30(25-32)28-11-7-12-29(24-28)31-22-23-41-39-18-4-3-16-37(39)38-17-5-6-19-40(38)43(41)26-31/h1-26H,27H2. The molecule has 0 aromatic heterocycles. The predicted octanol–water partition coefficient (Wildman–Crippen LogP) is 11.7. The third-order valence-corrected chi connectivity index (χ3v) is 9.30. The highest BCUT2D eigenvalue weighted by molar-refractivity contribution is 6.25. The highest BCUT2D eigenvalue weighted by Gasteiger charge is 2.21. The first kappa shape index (κ1) is 24.2. The van der Waals surface area contributed by atoms with Crippen LogP contribution in [0.2, 0.25) is 0 Å². The first-order valence-corrected chi connectivity index (χ1v) is 15.1. The van der Waals surface area contributed by atoms with Crippen LogP contribution in [0.15, 0.2) is 158 Å². The van der Waals surface area contributed by atoms with Gasteiger partial charge in [0.2, 0.25) is 0 Å². The molecule has 0 atom stereocenters. The predicted molar refractivity (Wildman–Crippen MR) is 184 cm³/mol. The molecular formula is C43H28. The van der Waals surface area contributed by atoms with Crippen molar-refractivity contribution in [3.05, 3.63) is 169 Å². The summed E-state index contributed by atoms with van der Waals surface area (Å²) >= 11 is 0. The fourth-order valence-electron chi connectivity index (χ4n) is 7.26. The molecule has 9 rings (SSSR count). The second-order valence-corrected chi connectivity index (χ2v) is 11.7. The van der Waals surface area contributed by atoms with Gasteiger partial charge in [-0.1, -0.05) is 140 Å². The van der Waals surface area contributed by atoms with Crippen molar-refractivity contribution in [2.45, 2.75) is 6.42 Å². The molecule has 0 unspecified atom stereocenters. The number of fused-ring (bicyclic) bond motifs is 9. The number of hydrogen-bond acceptors (Lipinski definition) is 0. The second kappa shape index (κ2) is 9.54. The fraction of sp³-hybridized carbons (Fsp3) is 0.0233. The maximum atomic E-state index is 2.38. The Morgan fingerprint density at radius 3 is 1.44 bits per heavy atom. The number of hydrogen-bond donors (Lipinski definition) is 0. The Labute approximate surface area is 251 Å². The molecule has 0 fully saturated rings. The molecule has 1 aliphatic carbocycles. The van der Waals surface area contributed by atoms with Crippen LogP contribution in [0, 0.1) is 0 Å². The SMILES string of the molecule is c1cc(-c2cccc(-c3cccc4c3Cc3ccccc3-4)c2)cc(-c2ccc3c4ccccc4c4ccccc4c3c2)c1. The van der Waals surface area contributed by atoms with Gasteiger partial charge in [0.15, 0.2) is 0 Å². The molecule has 0 saturated heterocycles. The second-order valence-electron chi connectivity index (χ2n) is 11.7. The highest BCUT2D eigenvalue weighted by atomic mass is 14.2. The van der Waals surface area contributed by atoms with E-state index in [0.717, 1.165) is 6.42 Å². The molecule has 0 radical (unpaired) electrons. The molecule has 43 heavy (non-hydrogen) atoms. The van der Waals surface area contributed by atoms with E-state index in [1.807, 2.05) is 0 Å². The van der Waals surface area contributed by atoms with E-state index in [1.54, 1.807) is 0 Å². The zero-order chi connectivity index (χ0) is 28.3. The Kier molecular flexibility index (Phi) is 5.36. The summed E-state index contributed by atoms with van der Waals surface area (Å²) < 4.78 is 0. The van der Waals surface area contributed by atoms with Crippen molar-refractivity contribution >= 4 is 32.3 Å². The third-order valence-electron chi connectivity index (χ3n) is 9.30. The van der Waals surface area contributed by atoms with Crippen LogP contribution in [0.3, 0.4) is 0 Å². The van der Waals surface area contributed by atoms with E-state index in [4.69, 9.17) is 0 Å². The summed E-state index contributed by atoms with van der Waals surface area (Å²) in [6.07, 6.45) is 0.993. The van der Waals surface area contributed by atoms with Gasteiger partial charge < -0.3 is 0 Å². The van der Waals surface area contributed by atoms with E-state index in [0.29, 0.717) is 0 Å². The zero-order valence-electron chi connectivity index (χ0n) is 23.7. The van der Waals surface area contributed by atoms with Crippen molar-refractivity contribution in [2.24, 2.45) is 0 Å². The molecule has 200 valence electrons. The summed E-state index contributed by atoms with van der Waals surface area (Å²) in [5, 5.41) is 7.85. The van der Waals surface area contributed by atoms with E-state index in [-0.39, 0.29) is 0 Å². The monoisotopic (exact) mass is 544 g/mol. The summed E-state index contributed by atoms with van der Waals surface area (Å²) in [4.78, 5) is 0. The Hall–Kier alpha value is -5.46. The molecule has 0 bridgehead atoms. The molecule has 0 spiro atoms. The quantitative estimate of drug-likeness (QED) is 0.194. The summed E-state index contributed by atoms with van der Waals surface area (Å²) in [6.45, 7) is 0. The molecule has 0 N–H and O–H groups in total. The van der Waals surface area contributed by atoms with Crippen molar-refractivity contribution in [2.75, 3.05) is 0 Å². The van der Waals surface area contributed by atoms with E-state index >= 15 is 0 Å². The Balaban J connectivity index is 1.14. The first-order chi connectivity index (χ1) is 21.3. The van der Waals surface area contributed by atoms with Crippen LogP contribution < -0.4 is 0 Å². The maximum Gasteiger partial charge on any atom is -0.000729 e. The Bertz CT molecular complexity index is 2340. The average Bonchev–Trinajstić information content (AvgIpc) is 3.47. The van der Waals surface area contributed by atoms with Crippen molar-refractivity contribution in [1.82, 2.24) is 0 Å². The first-order valence-electron chi connectivity index (χ1n) is 15.1. The van der Waals surface area contributed by atoms with E-state index in [1.165, 1.54) is 88.0 Å². The minimum absolute atomic E-state index is 0.993. The summed E-state index contributed by atoms with van der Waals surface area (Å²) in [6, 6.07) is 58.2. The van der Waals surface area contributed by atoms with Crippen LogP contribution >= 0.6 is 0 Å². The van der Waals surface area contributed by atoms with Gasteiger partial charge in [-0.2, -0.15) is 0 Å². The molecule has 0 saturated carbocycles.